The Labute approximate surface area is 181 Å². The summed E-state index contributed by atoms with van der Waals surface area (Å²) in [5.41, 5.74) is 9.25. The van der Waals surface area contributed by atoms with Crippen molar-refractivity contribution in [3.63, 3.8) is 0 Å². The maximum atomic E-state index is 6.19. The zero-order valence-corrected chi connectivity index (χ0v) is 17.8. The summed E-state index contributed by atoms with van der Waals surface area (Å²) >= 11 is 0. The van der Waals surface area contributed by atoms with Gasteiger partial charge in [-0.1, -0.05) is 49.4 Å². The predicted molar refractivity (Wildman–Crippen MR) is 125 cm³/mol. The molecule has 0 spiro atoms. The van der Waals surface area contributed by atoms with E-state index in [0.717, 1.165) is 47.6 Å². The molecule has 4 rings (SSSR count). The van der Waals surface area contributed by atoms with Crippen LogP contribution in [0.3, 0.4) is 0 Å². The van der Waals surface area contributed by atoms with E-state index in [1.54, 1.807) is 6.20 Å². The zero-order valence-electron chi connectivity index (χ0n) is 17.8. The Balaban J connectivity index is 1.60. The first-order chi connectivity index (χ1) is 15.2. The van der Waals surface area contributed by atoms with E-state index in [-0.39, 0.29) is 0 Å². The molecule has 0 atom stereocenters. The van der Waals surface area contributed by atoms with E-state index in [2.05, 4.69) is 35.0 Å². The topological polar surface area (TPSA) is 77.4 Å². The third-order valence-electron chi connectivity index (χ3n) is 5.22. The Bertz CT molecular complexity index is 1160. The lowest BCUT2D eigenvalue weighted by Crippen LogP contribution is -2.22. The van der Waals surface area contributed by atoms with Gasteiger partial charge >= 0.3 is 0 Å². The van der Waals surface area contributed by atoms with Crippen molar-refractivity contribution in [1.29, 1.82) is 0 Å². The van der Waals surface area contributed by atoms with Crippen molar-refractivity contribution in [2.24, 2.45) is 0 Å². The predicted octanol–water partition coefficient (Wildman–Crippen LogP) is 5.62. The summed E-state index contributed by atoms with van der Waals surface area (Å²) in [5, 5.41) is 5.02. The van der Waals surface area contributed by atoms with Crippen LogP contribution in [0.25, 0.3) is 28.3 Å². The smallest absolute Gasteiger partial charge is 0.179 e. The Kier molecular flexibility index (Phi) is 6.29. The summed E-state index contributed by atoms with van der Waals surface area (Å²) in [6.07, 6.45) is 5.85. The lowest BCUT2D eigenvalue weighted by Gasteiger charge is -2.14. The minimum absolute atomic E-state index is 0.400. The van der Waals surface area contributed by atoms with Gasteiger partial charge in [0.25, 0.3) is 0 Å². The quantitative estimate of drug-likeness (QED) is 0.403. The minimum Gasteiger partial charge on any atom is -0.457 e. The number of likely N-dealkylation sites (N-methyl/N-ethyl adjacent to an activating group) is 1. The van der Waals surface area contributed by atoms with Crippen LogP contribution >= 0.6 is 0 Å². The summed E-state index contributed by atoms with van der Waals surface area (Å²) in [6.45, 7) is 7.18. The average Bonchev–Trinajstić information content (AvgIpc) is 3.26. The molecule has 0 unspecified atom stereocenters. The number of rotatable bonds is 8. The van der Waals surface area contributed by atoms with Crippen LogP contribution in [-0.2, 0) is 0 Å². The molecule has 0 aliphatic rings. The number of benzene rings is 2. The van der Waals surface area contributed by atoms with E-state index in [1.165, 1.54) is 0 Å². The fourth-order valence-corrected chi connectivity index (χ4v) is 3.42. The lowest BCUT2D eigenvalue weighted by atomic mass is 10.1. The van der Waals surface area contributed by atoms with Crippen LogP contribution in [0, 0.1) is 0 Å². The van der Waals surface area contributed by atoms with Crippen molar-refractivity contribution in [3.8, 4) is 22.8 Å². The Morgan fingerprint density at radius 2 is 1.71 bits per heavy atom. The van der Waals surface area contributed by atoms with Gasteiger partial charge in [0.05, 0.1) is 5.39 Å². The fourth-order valence-electron chi connectivity index (χ4n) is 3.42. The number of anilines is 1. The molecule has 6 nitrogen and oxygen atoms in total. The van der Waals surface area contributed by atoms with Gasteiger partial charge in [-0.05, 0) is 49.5 Å². The van der Waals surface area contributed by atoms with E-state index in [9.17, 15) is 0 Å². The number of pyridine rings is 1. The van der Waals surface area contributed by atoms with E-state index < -0.39 is 0 Å². The van der Waals surface area contributed by atoms with Crippen LogP contribution in [0.15, 0.2) is 71.4 Å². The molecule has 0 bridgehead atoms. The van der Waals surface area contributed by atoms with E-state index >= 15 is 0 Å². The molecule has 6 heteroatoms. The van der Waals surface area contributed by atoms with Crippen molar-refractivity contribution >= 4 is 22.9 Å². The molecule has 158 valence electrons. The molecule has 4 aromatic rings. The summed E-state index contributed by atoms with van der Waals surface area (Å²) in [6, 6.07) is 17.4. The zero-order chi connectivity index (χ0) is 21.6. The van der Waals surface area contributed by atoms with Gasteiger partial charge in [0.1, 0.15) is 23.0 Å². The summed E-state index contributed by atoms with van der Waals surface area (Å²) in [5.74, 6) is 1.93. The fraction of sp³-hybridized carbons (Fsp3) is 0.200. The molecule has 31 heavy (non-hydrogen) atoms. The van der Waals surface area contributed by atoms with Crippen molar-refractivity contribution < 1.29 is 9.26 Å². The molecule has 0 radical (unpaired) electrons. The average molecular weight is 415 g/mol. The van der Waals surface area contributed by atoms with Crippen molar-refractivity contribution in [2.75, 3.05) is 25.4 Å². The van der Waals surface area contributed by atoms with E-state index in [1.807, 2.05) is 60.7 Å². The third-order valence-corrected chi connectivity index (χ3v) is 5.22. The van der Waals surface area contributed by atoms with Crippen LogP contribution in [0.5, 0.6) is 11.5 Å². The third kappa shape index (κ3) is 4.59. The second-order valence-electron chi connectivity index (χ2n) is 7.16. The molecule has 2 aromatic heterocycles. The number of fused-ring (bicyclic) bond motifs is 1. The molecule has 0 saturated heterocycles. The van der Waals surface area contributed by atoms with Gasteiger partial charge in [0, 0.05) is 23.9 Å². The molecule has 0 aliphatic carbocycles. The molecule has 0 amide bonds. The first-order valence-electron chi connectivity index (χ1n) is 10.5. The molecule has 0 aliphatic heterocycles. The van der Waals surface area contributed by atoms with Crippen molar-refractivity contribution in [2.45, 2.75) is 13.8 Å². The SMILES string of the molecule is CCN(CC)C/C=C/c1cnc(N)c2c(-c3ccc(Oc4ccccc4)cc3)noc12. The standard InChI is InChI=1S/C25H26N4O2/c1-3-29(4-2)16-8-9-19-17-27-25(26)22-23(28-31-24(19)22)18-12-14-21(15-13-18)30-20-10-6-5-7-11-20/h5-15,17H,3-4,16H2,1-2H3,(H2,26,27)/b9-8+. The number of nitrogen functional groups attached to an aromatic ring is 1. The highest BCUT2D eigenvalue weighted by molar-refractivity contribution is 6.01. The molecule has 0 fully saturated rings. The minimum atomic E-state index is 0.400. The normalized spacial score (nSPS) is 11.6. The molecule has 2 heterocycles. The molecular weight excluding hydrogens is 388 g/mol. The number of ether oxygens (including phenoxy) is 1. The van der Waals surface area contributed by atoms with Crippen LogP contribution in [0.4, 0.5) is 5.82 Å². The highest BCUT2D eigenvalue weighted by Crippen LogP contribution is 2.34. The number of nitrogens with zero attached hydrogens (tertiary/aromatic N) is 3. The first-order valence-corrected chi connectivity index (χ1v) is 10.5. The second-order valence-corrected chi connectivity index (χ2v) is 7.16. The highest BCUT2D eigenvalue weighted by Gasteiger charge is 2.17. The van der Waals surface area contributed by atoms with Crippen LogP contribution in [0.2, 0.25) is 0 Å². The number of para-hydroxylation sites is 1. The second kappa shape index (κ2) is 9.45. The molecular formula is C25H26N4O2. The summed E-state index contributed by atoms with van der Waals surface area (Å²) in [4.78, 5) is 6.69. The molecule has 2 aromatic carbocycles. The monoisotopic (exact) mass is 414 g/mol. The Morgan fingerprint density at radius 3 is 2.42 bits per heavy atom. The Hall–Kier alpha value is -3.64. The number of hydrogen-bond acceptors (Lipinski definition) is 6. The van der Waals surface area contributed by atoms with Crippen LogP contribution in [-0.4, -0.2) is 34.7 Å². The van der Waals surface area contributed by atoms with Crippen LogP contribution < -0.4 is 10.5 Å². The largest absolute Gasteiger partial charge is 0.457 e. The van der Waals surface area contributed by atoms with Gasteiger partial charge in [0.15, 0.2) is 5.58 Å². The van der Waals surface area contributed by atoms with Gasteiger partial charge in [-0.15, -0.1) is 0 Å². The van der Waals surface area contributed by atoms with Gasteiger partial charge < -0.3 is 19.9 Å². The van der Waals surface area contributed by atoms with Crippen molar-refractivity contribution in [3.05, 3.63) is 72.4 Å². The van der Waals surface area contributed by atoms with Gasteiger partial charge in [-0.2, -0.15) is 0 Å². The highest BCUT2D eigenvalue weighted by atomic mass is 16.5. The number of aromatic nitrogens is 2. The van der Waals surface area contributed by atoms with Crippen LogP contribution in [0.1, 0.15) is 19.4 Å². The van der Waals surface area contributed by atoms with E-state index in [0.29, 0.717) is 17.1 Å². The molecule has 2 N–H and O–H groups in total. The van der Waals surface area contributed by atoms with E-state index in [4.69, 9.17) is 15.0 Å². The lowest BCUT2D eigenvalue weighted by molar-refractivity contribution is 0.338. The maximum Gasteiger partial charge on any atom is 0.179 e. The van der Waals surface area contributed by atoms with Gasteiger partial charge in [-0.3, -0.25) is 0 Å². The maximum absolute atomic E-state index is 6.19. The summed E-state index contributed by atoms with van der Waals surface area (Å²) in [7, 11) is 0. The van der Waals surface area contributed by atoms with Gasteiger partial charge in [0.2, 0.25) is 0 Å². The Morgan fingerprint density at radius 1 is 1.00 bits per heavy atom. The number of nitrogens with two attached hydrogens (primary N) is 1. The molecule has 0 saturated carbocycles. The summed E-state index contributed by atoms with van der Waals surface area (Å²) < 4.78 is 11.6. The van der Waals surface area contributed by atoms with Crippen molar-refractivity contribution in [1.82, 2.24) is 15.0 Å². The van der Waals surface area contributed by atoms with Gasteiger partial charge in [-0.25, -0.2) is 4.98 Å². The first kappa shape index (κ1) is 20.6. The number of hydrogen-bond donors (Lipinski definition) is 1.